The number of halogens is 2. The van der Waals surface area contributed by atoms with Crippen LogP contribution in [0.1, 0.15) is 37.0 Å². The van der Waals surface area contributed by atoms with E-state index < -0.39 is 23.7 Å². The van der Waals surface area contributed by atoms with Gasteiger partial charge in [-0.3, -0.25) is 5.01 Å². The van der Waals surface area contributed by atoms with Crippen LogP contribution in [0.2, 0.25) is 0 Å². The lowest BCUT2D eigenvalue weighted by atomic mass is 10.1. The zero-order valence-corrected chi connectivity index (χ0v) is 13.8. The van der Waals surface area contributed by atoms with Crippen LogP contribution in [-0.4, -0.2) is 35.3 Å². The van der Waals surface area contributed by atoms with E-state index in [1.165, 1.54) is 0 Å². The van der Waals surface area contributed by atoms with Gasteiger partial charge in [-0.2, -0.15) is 0 Å². The second-order valence-electron chi connectivity index (χ2n) is 5.46. The number of benzene rings is 1. The molecule has 1 aromatic rings. The summed E-state index contributed by atoms with van der Waals surface area (Å²) in [4.78, 5) is 11.9. The van der Waals surface area contributed by atoms with Gasteiger partial charge in [0.05, 0.1) is 17.4 Å². The lowest BCUT2D eigenvalue weighted by Crippen LogP contribution is -2.48. The Kier molecular flexibility index (Phi) is 5.84. The third-order valence-electron chi connectivity index (χ3n) is 3.22. The van der Waals surface area contributed by atoms with E-state index in [-0.39, 0.29) is 16.4 Å². The number of esters is 1. The Hall–Kier alpha value is -1.80. The highest BCUT2D eigenvalue weighted by Crippen LogP contribution is 2.21. The molecule has 0 aromatic heterocycles. The highest BCUT2D eigenvalue weighted by atomic mass is 32.1. The van der Waals surface area contributed by atoms with Gasteiger partial charge in [0.1, 0.15) is 11.6 Å². The molecule has 0 bridgehead atoms. The van der Waals surface area contributed by atoms with Crippen LogP contribution in [0, 0.1) is 11.6 Å². The summed E-state index contributed by atoms with van der Waals surface area (Å²) < 4.78 is 32.7. The molecule has 1 saturated heterocycles. The normalized spacial score (nSPS) is 14.7. The van der Waals surface area contributed by atoms with Crippen LogP contribution < -0.4 is 10.7 Å². The first-order chi connectivity index (χ1) is 10.9. The first kappa shape index (κ1) is 17.6. The molecule has 1 heterocycles. The molecular formula is C15H19F2N3O2S. The van der Waals surface area contributed by atoms with Crippen molar-refractivity contribution in [2.45, 2.75) is 32.8 Å². The van der Waals surface area contributed by atoms with Gasteiger partial charge in [-0.1, -0.05) is 0 Å². The number of anilines is 1. The van der Waals surface area contributed by atoms with Crippen LogP contribution in [0.25, 0.3) is 0 Å². The smallest absolute Gasteiger partial charge is 0.341 e. The van der Waals surface area contributed by atoms with Gasteiger partial charge in [0.2, 0.25) is 0 Å². The summed E-state index contributed by atoms with van der Waals surface area (Å²) in [5, 5.41) is 4.65. The zero-order valence-electron chi connectivity index (χ0n) is 13.0. The van der Waals surface area contributed by atoms with Crippen molar-refractivity contribution in [1.82, 2.24) is 10.4 Å². The Bertz CT molecular complexity index is 605. The number of nitrogens with one attached hydrogen (secondary N) is 2. The quantitative estimate of drug-likeness (QED) is 0.650. The lowest BCUT2D eigenvalue weighted by Gasteiger charge is -2.30. The van der Waals surface area contributed by atoms with Crippen molar-refractivity contribution in [2.75, 3.05) is 18.4 Å². The molecule has 0 atom stereocenters. The van der Waals surface area contributed by atoms with Crippen molar-refractivity contribution in [3.05, 3.63) is 29.3 Å². The first-order valence-corrected chi connectivity index (χ1v) is 7.81. The summed E-state index contributed by atoms with van der Waals surface area (Å²) in [5.74, 6) is -2.65. The van der Waals surface area contributed by atoms with Crippen LogP contribution >= 0.6 is 12.2 Å². The molecule has 1 aliphatic heterocycles. The molecule has 0 aliphatic carbocycles. The molecule has 0 spiro atoms. The van der Waals surface area contributed by atoms with Crippen molar-refractivity contribution in [1.29, 1.82) is 0 Å². The topological polar surface area (TPSA) is 53.6 Å². The number of carbonyl (C=O) groups is 1. The van der Waals surface area contributed by atoms with Crippen LogP contribution in [0.5, 0.6) is 0 Å². The van der Waals surface area contributed by atoms with Crippen LogP contribution in [0.3, 0.4) is 0 Å². The fourth-order valence-electron chi connectivity index (χ4n) is 2.12. The highest BCUT2D eigenvalue weighted by molar-refractivity contribution is 7.80. The fraction of sp³-hybridized carbons (Fsp3) is 0.467. The Morgan fingerprint density at radius 2 is 2.09 bits per heavy atom. The maximum absolute atomic E-state index is 13.9. The van der Waals surface area contributed by atoms with Crippen molar-refractivity contribution in [3.8, 4) is 0 Å². The second-order valence-corrected chi connectivity index (χ2v) is 5.85. The van der Waals surface area contributed by atoms with Crippen molar-refractivity contribution >= 4 is 29.0 Å². The predicted molar refractivity (Wildman–Crippen MR) is 87.1 cm³/mol. The number of rotatable bonds is 3. The Balaban J connectivity index is 2.17. The van der Waals surface area contributed by atoms with E-state index in [1.54, 1.807) is 18.9 Å². The first-order valence-electron chi connectivity index (χ1n) is 7.40. The van der Waals surface area contributed by atoms with Crippen LogP contribution in [0.15, 0.2) is 12.1 Å². The Morgan fingerprint density at radius 3 is 2.70 bits per heavy atom. The molecule has 0 radical (unpaired) electrons. The number of thiocarbonyl (C=S) groups is 1. The predicted octanol–water partition coefficient (Wildman–Crippen LogP) is 2.83. The molecule has 1 aliphatic rings. The van der Waals surface area contributed by atoms with Crippen molar-refractivity contribution < 1.29 is 18.3 Å². The molecule has 23 heavy (non-hydrogen) atoms. The van der Waals surface area contributed by atoms with E-state index in [4.69, 9.17) is 17.0 Å². The lowest BCUT2D eigenvalue weighted by molar-refractivity contribution is 0.0372. The van der Waals surface area contributed by atoms with Gasteiger partial charge in [0, 0.05) is 19.2 Å². The molecule has 0 saturated carbocycles. The standard InChI is InChI=1S/C15H19F2N3O2S/c1-9(2)22-14(21)10-7-13(12(17)8-11(10)16)19-15(23)20-6-4-3-5-18-20/h7-9,18H,3-6H2,1-2H3,(H,19,23). The number of nitrogens with zero attached hydrogens (tertiary/aromatic N) is 1. The molecule has 1 fully saturated rings. The summed E-state index contributed by atoms with van der Waals surface area (Å²) in [5.41, 5.74) is 2.67. The van der Waals surface area contributed by atoms with Crippen molar-refractivity contribution in [2.24, 2.45) is 0 Å². The van der Waals surface area contributed by atoms with Gasteiger partial charge >= 0.3 is 5.97 Å². The zero-order chi connectivity index (χ0) is 17.0. The number of carbonyl (C=O) groups excluding carboxylic acids is 1. The molecule has 0 amide bonds. The number of ether oxygens (including phenoxy) is 1. The SMILES string of the molecule is CC(C)OC(=O)c1cc(NC(=S)N2CCCCN2)c(F)cc1F. The monoisotopic (exact) mass is 343 g/mol. The molecule has 126 valence electrons. The average Bonchev–Trinajstić information content (AvgIpc) is 2.50. The Morgan fingerprint density at radius 1 is 1.35 bits per heavy atom. The molecular weight excluding hydrogens is 324 g/mol. The van der Waals surface area contributed by atoms with Gasteiger partial charge in [-0.25, -0.2) is 19.0 Å². The van der Waals surface area contributed by atoms with Gasteiger partial charge in [-0.15, -0.1) is 0 Å². The summed E-state index contributed by atoms with van der Waals surface area (Å²) in [6, 6.07) is 1.72. The van der Waals surface area contributed by atoms with E-state index in [2.05, 4.69) is 10.7 Å². The van der Waals surface area contributed by atoms with Gasteiger partial charge in [0.25, 0.3) is 0 Å². The molecule has 1 aromatic carbocycles. The van der Waals surface area contributed by atoms with Gasteiger partial charge in [-0.05, 0) is 45.0 Å². The number of hydrazine groups is 1. The maximum Gasteiger partial charge on any atom is 0.341 e. The molecule has 2 rings (SSSR count). The van der Waals surface area contributed by atoms with Gasteiger partial charge in [0.15, 0.2) is 5.11 Å². The summed E-state index contributed by atoms with van der Waals surface area (Å²) in [6.07, 6.45) is 1.60. The minimum atomic E-state index is -0.972. The van der Waals surface area contributed by atoms with E-state index in [0.29, 0.717) is 12.6 Å². The maximum atomic E-state index is 13.9. The molecule has 2 N–H and O–H groups in total. The largest absolute Gasteiger partial charge is 0.459 e. The third kappa shape index (κ3) is 4.59. The molecule has 0 unspecified atom stereocenters. The van der Waals surface area contributed by atoms with E-state index in [0.717, 1.165) is 25.5 Å². The Labute approximate surface area is 139 Å². The molecule has 8 heteroatoms. The minimum absolute atomic E-state index is 0.0699. The van der Waals surface area contributed by atoms with E-state index >= 15 is 0 Å². The average molecular weight is 343 g/mol. The summed E-state index contributed by atoms with van der Waals surface area (Å²) in [7, 11) is 0. The second kappa shape index (κ2) is 7.65. The van der Waals surface area contributed by atoms with Crippen molar-refractivity contribution in [3.63, 3.8) is 0 Å². The fourth-order valence-corrected chi connectivity index (χ4v) is 2.39. The third-order valence-corrected chi connectivity index (χ3v) is 3.54. The van der Waals surface area contributed by atoms with Gasteiger partial charge < -0.3 is 10.1 Å². The van der Waals surface area contributed by atoms with Crippen LogP contribution in [-0.2, 0) is 4.74 Å². The van der Waals surface area contributed by atoms with E-state index in [1.807, 2.05) is 0 Å². The minimum Gasteiger partial charge on any atom is -0.459 e. The summed E-state index contributed by atoms with van der Waals surface area (Å²) >= 11 is 5.20. The summed E-state index contributed by atoms with van der Waals surface area (Å²) in [6.45, 7) is 4.77. The van der Waals surface area contributed by atoms with E-state index in [9.17, 15) is 13.6 Å². The van der Waals surface area contributed by atoms with Crippen LogP contribution in [0.4, 0.5) is 14.5 Å². The highest BCUT2D eigenvalue weighted by Gasteiger charge is 2.20. The number of hydrogen-bond acceptors (Lipinski definition) is 4. The molecule has 5 nitrogen and oxygen atoms in total. The number of hydrogen-bond donors (Lipinski definition) is 2.